The van der Waals surface area contributed by atoms with E-state index in [0.717, 1.165) is 16.5 Å². The summed E-state index contributed by atoms with van der Waals surface area (Å²) in [6.07, 6.45) is 1.59. The molecule has 4 aromatic rings. The summed E-state index contributed by atoms with van der Waals surface area (Å²) in [6, 6.07) is 19.3. The van der Waals surface area contributed by atoms with Crippen LogP contribution in [-0.4, -0.2) is 26.2 Å². The highest BCUT2D eigenvalue weighted by Gasteiger charge is 2.09. The van der Waals surface area contributed by atoms with Gasteiger partial charge in [0.05, 0.1) is 6.21 Å². The second kappa shape index (κ2) is 8.51. The van der Waals surface area contributed by atoms with Crippen molar-refractivity contribution >= 4 is 29.2 Å². The largest absolute Gasteiger partial charge is 0.507 e. The standard InChI is InChI=1S/C23H22N4O2S/c1-15(2)16-7-10-18(11-8-16)29-14-22-25-26-23(30)27(22)24-13-20-19-6-4-3-5-17(19)9-12-21(20)28/h3-13,15,28H,14H2,1-2H3,(H,26,30)/b24-13+. The van der Waals surface area contributed by atoms with Crippen molar-refractivity contribution in [3.05, 3.63) is 82.4 Å². The number of aromatic nitrogens is 3. The molecule has 0 spiro atoms. The summed E-state index contributed by atoms with van der Waals surface area (Å²) in [6.45, 7) is 4.51. The predicted molar refractivity (Wildman–Crippen MR) is 121 cm³/mol. The molecule has 0 saturated heterocycles. The second-order valence-corrected chi connectivity index (χ2v) is 7.62. The highest BCUT2D eigenvalue weighted by atomic mass is 32.1. The Morgan fingerprint density at radius 1 is 1.13 bits per heavy atom. The van der Waals surface area contributed by atoms with Crippen LogP contribution in [0.15, 0.2) is 65.8 Å². The maximum atomic E-state index is 10.3. The number of hydrogen-bond donors (Lipinski definition) is 2. The molecular formula is C23H22N4O2S. The van der Waals surface area contributed by atoms with Crippen molar-refractivity contribution in [2.45, 2.75) is 26.4 Å². The summed E-state index contributed by atoms with van der Waals surface area (Å²) >= 11 is 5.31. The van der Waals surface area contributed by atoms with Gasteiger partial charge < -0.3 is 9.84 Å². The van der Waals surface area contributed by atoms with Gasteiger partial charge in [-0.05, 0) is 52.7 Å². The van der Waals surface area contributed by atoms with E-state index in [9.17, 15) is 5.11 Å². The number of fused-ring (bicyclic) bond motifs is 1. The SMILES string of the molecule is CC(C)c1ccc(OCc2n[nH]c(=S)n2/N=C/c2c(O)ccc3ccccc23)cc1. The van der Waals surface area contributed by atoms with Crippen molar-refractivity contribution in [1.82, 2.24) is 14.9 Å². The minimum Gasteiger partial charge on any atom is -0.507 e. The Bertz CT molecular complexity index is 1260. The number of rotatable bonds is 6. The Kier molecular flexibility index (Phi) is 5.63. The number of phenolic OH excluding ortho intramolecular Hbond substituents is 1. The molecule has 0 atom stereocenters. The van der Waals surface area contributed by atoms with Crippen LogP contribution in [0.25, 0.3) is 10.8 Å². The quantitative estimate of drug-likeness (QED) is 0.325. The van der Waals surface area contributed by atoms with E-state index in [2.05, 4.69) is 41.3 Å². The zero-order valence-electron chi connectivity index (χ0n) is 16.7. The van der Waals surface area contributed by atoms with E-state index in [-0.39, 0.29) is 12.4 Å². The van der Waals surface area contributed by atoms with Gasteiger partial charge in [0.15, 0.2) is 5.82 Å². The lowest BCUT2D eigenvalue weighted by molar-refractivity contribution is 0.290. The Hall–Kier alpha value is -3.45. The summed E-state index contributed by atoms with van der Waals surface area (Å²) in [5.74, 6) is 1.89. The van der Waals surface area contributed by atoms with Gasteiger partial charge in [-0.15, -0.1) is 0 Å². The van der Waals surface area contributed by atoms with Gasteiger partial charge in [0.2, 0.25) is 4.77 Å². The van der Waals surface area contributed by atoms with Crippen LogP contribution in [-0.2, 0) is 6.61 Å². The van der Waals surface area contributed by atoms with Gasteiger partial charge in [-0.1, -0.05) is 56.3 Å². The minimum atomic E-state index is 0.149. The summed E-state index contributed by atoms with van der Waals surface area (Å²) in [7, 11) is 0. The van der Waals surface area contributed by atoms with Gasteiger partial charge >= 0.3 is 0 Å². The average Bonchev–Trinajstić information content (AvgIpc) is 3.11. The number of nitrogens with zero attached hydrogens (tertiary/aromatic N) is 3. The molecule has 6 nitrogen and oxygen atoms in total. The number of nitrogens with one attached hydrogen (secondary N) is 1. The lowest BCUT2D eigenvalue weighted by Gasteiger charge is -2.08. The van der Waals surface area contributed by atoms with Crippen LogP contribution in [0.4, 0.5) is 0 Å². The molecule has 0 aliphatic heterocycles. The molecule has 7 heteroatoms. The van der Waals surface area contributed by atoms with E-state index >= 15 is 0 Å². The molecule has 0 aliphatic rings. The van der Waals surface area contributed by atoms with Gasteiger partial charge in [-0.2, -0.15) is 14.9 Å². The molecule has 152 valence electrons. The molecule has 0 bridgehead atoms. The molecule has 0 aliphatic carbocycles. The number of H-pyrrole nitrogens is 1. The maximum absolute atomic E-state index is 10.3. The van der Waals surface area contributed by atoms with Crippen molar-refractivity contribution in [3.63, 3.8) is 0 Å². The highest BCUT2D eigenvalue weighted by molar-refractivity contribution is 7.71. The number of aromatic amines is 1. The van der Waals surface area contributed by atoms with Crippen molar-refractivity contribution in [1.29, 1.82) is 0 Å². The first-order valence-corrected chi connectivity index (χ1v) is 10.1. The van der Waals surface area contributed by atoms with Crippen molar-refractivity contribution in [3.8, 4) is 11.5 Å². The van der Waals surface area contributed by atoms with Crippen LogP contribution in [0, 0.1) is 4.77 Å². The Morgan fingerprint density at radius 2 is 1.90 bits per heavy atom. The van der Waals surface area contributed by atoms with Gasteiger partial charge in [-0.25, -0.2) is 5.10 Å². The normalized spacial score (nSPS) is 11.6. The average molecular weight is 419 g/mol. The third kappa shape index (κ3) is 4.11. The third-order valence-corrected chi connectivity index (χ3v) is 5.15. The summed E-state index contributed by atoms with van der Waals surface area (Å²) in [5, 5.41) is 23.6. The maximum Gasteiger partial charge on any atom is 0.216 e. The lowest BCUT2D eigenvalue weighted by Crippen LogP contribution is -2.04. The molecule has 3 aromatic carbocycles. The molecule has 30 heavy (non-hydrogen) atoms. The van der Waals surface area contributed by atoms with Crippen LogP contribution >= 0.6 is 12.2 Å². The fourth-order valence-corrected chi connectivity index (χ4v) is 3.37. The molecule has 0 radical (unpaired) electrons. The van der Waals surface area contributed by atoms with Gasteiger partial charge in [0.1, 0.15) is 18.1 Å². The monoisotopic (exact) mass is 418 g/mol. The third-order valence-electron chi connectivity index (χ3n) is 4.88. The molecule has 0 unspecified atom stereocenters. The minimum absolute atomic E-state index is 0.149. The first-order chi connectivity index (χ1) is 14.5. The van der Waals surface area contributed by atoms with Gasteiger partial charge in [-0.3, -0.25) is 0 Å². The number of aromatic hydroxyl groups is 1. The van der Waals surface area contributed by atoms with Crippen molar-refractivity contribution in [2.75, 3.05) is 0 Å². The van der Waals surface area contributed by atoms with Crippen LogP contribution in [0.3, 0.4) is 0 Å². The topological polar surface area (TPSA) is 75.4 Å². The number of benzene rings is 3. The Morgan fingerprint density at radius 3 is 2.67 bits per heavy atom. The van der Waals surface area contributed by atoms with Crippen LogP contribution < -0.4 is 4.74 Å². The van der Waals surface area contributed by atoms with E-state index in [1.165, 1.54) is 10.2 Å². The number of hydrogen-bond acceptors (Lipinski definition) is 5. The van der Waals surface area contributed by atoms with Crippen LogP contribution in [0.1, 0.15) is 36.7 Å². The van der Waals surface area contributed by atoms with Crippen LogP contribution in [0.5, 0.6) is 11.5 Å². The summed E-state index contributed by atoms with van der Waals surface area (Å²) in [5.41, 5.74) is 1.87. The molecule has 2 N–H and O–H groups in total. The summed E-state index contributed by atoms with van der Waals surface area (Å²) < 4.78 is 7.70. The number of phenols is 1. The Balaban J connectivity index is 1.58. The first kappa shape index (κ1) is 19.8. The lowest BCUT2D eigenvalue weighted by atomic mass is 10.0. The van der Waals surface area contributed by atoms with Crippen molar-refractivity contribution in [2.24, 2.45) is 5.10 Å². The van der Waals surface area contributed by atoms with Crippen molar-refractivity contribution < 1.29 is 9.84 Å². The van der Waals surface area contributed by atoms with E-state index < -0.39 is 0 Å². The van der Waals surface area contributed by atoms with E-state index in [4.69, 9.17) is 17.0 Å². The Labute approximate surface area is 179 Å². The van der Waals surface area contributed by atoms with Gasteiger partial charge in [0.25, 0.3) is 0 Å². The van der Waals surface area contributed by atoms with Gasteiger partial charge in [0, 0.05) is 5.56 Å². The van der Waals surface area contributed by atoms with E-state index in [1.807, 2.05) is 42.5 Å². The van der Waals surface area contributed by atoms with E-state index in [0.29, 0.717) is 22.1 Å². The fourth-order valence-electron chi connectivity index (χ4n) is 3.17. The predicted octanol–water partition coefficient (Wildman–Crippen LogP) is 5.38. The molecule has 4 rings (SSSR count). The zero-order chi connectivity index (χ0) is 21.1. The molecule has 0 fully saturated rings. The fraction of sp³-hybridized carbons (Fsp3) is 0.174. The van der Waals surface area contributed by atoms with Crippen LogP contribution in [0.2, 0.25) is 0 Å². The number of ether oxygens (including phenoxy) is 1. The molecule has 1 aromatic heterocycles. The first-order valence-electron chi connectivity index (χ1n) is 9.67. The molecular weight excluding hydrogens is 396 g/mol. The molecule has 0 amide bonds. The smallest absolute Gasteiger partial charge is 0.216 e. The molecule has 1 heterocycles. The molecule has 0 saturated carbocycles. The zero-order valence-corrected chi connectivity index (χ0v) is 17.6. The van der Waals surface area contributed by atoms with E-state index in [1.54, 1.807) is 12.3 Å². The summed E-state index contributed by atoms with van der Waals surface area (Å²) in [4.78, 5) is 0. The highest BCUT2D eigenvalue weighted by Crippen LogP contribution is 2.25. The second-order valence-electron chi connectivity index (χ2n) is 7.23.